The van der Waals surface area contributed by atoms with Gasteiger partial charge in [0.15, 0.2) is 0 Å². The molecule has 0 atom stereocenters. The summed E-state index contributed by atoms with van der Waals surface area (Å²) >= 11 is 0. The maximum Gasteiger partial charge on any atom is 0.254 e. The van der Waals surface area contributed by atoms with E-state index in [4.69, 9.17) is 9.47 Å². The first kappa shape index (κ1) is 15.4. The van der Waals surface area contributed by atoms with Crippen molar-refractivity contribution in [2.24, 2.45) is 7.05 Å². The Kier molecular flexibility index (Phi) is 3.98. The normalized spacial score (nSPS) is 13.7. The molecule has 0 bridgehead atoms. The molecule has 6 heteroatoms. The van der Waals surface area contributed by atoms with Gasteiger partial charge >= 0.3 is 0 Å². The second-order valence-corrected chi connectivity index (χ2v) is 5.71. The Hall–Kier alpha value is -2.50. The fraction of sp³-hybridized carbons (Fsp3) is 0.412. The van der Waals surface area contributed by atoms with Gasteiger partial charge in [-0.05, 0) is 31.0 Å². The lowest BCUT2D eigenvalue weighted by molar-refractivity contribution is 0.0729. The number of ether oxygens (including phenoxy) is 2. The fourth-order valence-corrected chi connectivity index (χ4v) is 3.07. The fourth-order valence-electron chi connectivity index (χ4n) is 3.07. The van der Waals surface area contributed by atoms with E-state index in [1.165, 1.54) is 5.56 Å². The first-order chi connectivity index (χ1) is 11.0. The zero-order valence-electron chi connectivity index (χ0n) is 13.9. The number of methoxy groups -OCH3 is 2. The summed E-state index contributed by atoms with van der Waals surface area (Å²) in [5.74, 6) is 1.20. The quantitative estimate of drug-likeness (QED) is 0.868. The molecule has 1 aromatic carbocycles. The topological polar surface area (TPSA) is 56.6 Å². The third-order valence-electron chi connectivity index (χ3n) is 4.33. The van der Waals surface area contributed by atoms with E-state index in [1.807, 2.05) is 23.6 Å². The van der Waals surface area contributed by atoms with Gasteiger partial charge in [0.2, 0.25) is 0 Å². The van der Waals surface area contributed by atoms with E-state index in [0.29, 0.717) is 30.2 Å². The van der Waals surface area contributed by atoms with E-state index in [-0.39, 0.29) is 5.91 Å². The van der Waals surface area contributed by atoms with E-state index < -0.39 is 0 Å². The molecular weight excluding hydrogens is 294 g/mol. The Bertz CT molecular complexity index is 730. The van der Waals surface area contributed by atoms with Gasteiger partial charge in [0.05, 0.1) is 32.2 Å². The second-order valence-electron chi connectivity index (χ2n) is 5.71. The van der Waals surface area contributed by atoms with Gasteiger partial charge in [0, 0.05) is 25.2 Å². The first-order valence-electron chi connectivity index (χ1n) is 7.57. The average molecular weight is 315 g/mol. The lowest BCUT2D eigenvalue weighted by atomic mass is 10.0. The molecule has 0 unspecified atom stereocenters. The Morgan fingerprint density at radius 1 is 1.17 bits per heavy atom. The molecule has 2 aromatic rings. The van der Waals surface area contributed by atoms with Crippen molar-refractivity contribution < 1.29 is 14.3 Å². The summed E-state index contributed by atoms with van der Waals surface area (Å²) in [5.41, 5.74) is 4.00. The van der Waals surface area contributed by atoms with Gasteiger partial charge in [0.1, 0.15) is 11.5 Å². The lowest BCUT2D eigenvalue weighted by Gasteiger charge is -2.28. The second kappa shape index (κ2) is 5.95. The Labute approximate surface area is 135 Å². The van der Waals surface area contributed by atoms with Gasteiger partial charge < -0.3 is 14.4 Å². The number of benzene rings is 1. The van der Waals surface area contributed by atoms with Crippen LogP contribution in [-0.2, 0) is 20.0 Å². The minimum Gasteiger partial charge on any atom is -0.497 e. The van der Waals surface area contributed by atoms with Crippen molar-refractivity contribution in [2.45, 2.75) is 19.9 Å². The van der Waals surface area contributed by atoms with E-state index in [0.717, 1.165) is 17.8 Å². The molecule has 23 heavy (non-hydrogen) atoms. The van der Waals surface area contributed by atoms with Crippen LogP contribution in [0.25, 0.3) is 0 Å². The van der Waals surface area contributed by atoms with Crippen LogP contribution in [0.1, 0.15) is 27.3 Å². The number of carbonyl (C=O) groups is 1. The first-order valence-corrected chi connectivity index (χ1v) is 7.57. The van der Waals surface area contributed by atoms with Gasteiger partial charge in [-0.2, -0.15) is 5.10 Å². The largest absolute Gasteiger partial charge is 0.497 e. The minimum atomic E-state index is -0.0216. The summed E-state index contributed by atoms with van der Waals surface area (Å²) in [6.45, 7) is 3.28. The summed E-state index contributed by atoms with van der Waals surface area (Å²) in [6, 6.07) is 5.25. The monoisotopic (exact) mass is 315 g/mol. The number of hydrogen-bond donors (Lipinski definition) is 0. The standard InChI is InChI=1S/C17H21N3O3/c1-11-15-5-6-20(10-16(15)19(2)18-11)17(21)12-7-13(22-3)9-14(8-12)23-4/h7-9H,5-6,10H2,1-4H3. The molecule has 1 aromatic heterocycles. The number of nitrogens with zero attached hydrogens (tertiary/aromatic N) is 3. The highest BCUT2D eigenvalue weighted by molar-refractivity contribution is 5.95. The zero-order chi connectivity index (χ0) is 16.6. The number of hydrogen-bond acceptors (Lipinski definition) is 4. The van der Waals surface area contributed by atoms with E-state index in [1.54, 1.807) is 32.4 Å². The number of aromatic nitrogens is 2. The highest BCUT2D eigenvalue weighted by atomic mass is 16.5. The van der Waals surface area contributed by atoms with Gasteiger partial charge in [-0.15, -0.1) is 0 Å². The number of aryl methyl sites for hydroxylation is 2. The van der Waals surface area contributed by atoms with Crippen molar-refractivity contribution in [3.05, 3.63) is 40.7 Å². The Morgan fingerprint density at radius 2 is 1.83 bits per heavy atom. The third-order valence-corrected chi connectivity index (χ3v) is 4.33. The molecule has 6 nitrogen and oxygen atoms in total. The van der Waals surface area contributed by atoms with Crippen molar-refractivity contribution in [2.75, 3.05) is 20.8 Å². The van der Waals surface area contributed by atoms with Crippen LogP contribution in [0.4, 0.5) is 0 Å². The van der Waals surface area contributed by atoms with Crippen LogP contribution in [0.3, 0.4) is 0 Å². The van der Waals surface area contributed by atoms with Crippen molar-refractivity contribution in [3.8, 4) is 11.5 Å². The highest BCUT2D eigenvalue weighted by Gasteiger charge is 2.26. The van der Waals surface area contributed by atoms with Gasteiger partial charge in [-0.3, -0.25) is 9.48 Å². The van der Waals surface area contributed by atoms with E-state index in [2.05, 4.69) is 5.10 Å². The molecule has 0 N–H and O–H groups in total. The van der Waals surface area contributed by atoms with Gasteiger partial charge in [0.25, 0.3) is 5.91 Å². The zero-order valence-corrected chi connectivity index (χ0v) is 13.9. The van der Waals surface area contributed by atoms with E-state index in [9.17, 15) is 4.79 Å². The minimum absolute atomic E-state index is 0.0216. The number of fused-ring (bicyclic) bond motifs is 1. The van der Waals surface area contributed by atoms with Crippen molar-refractivity contribution in [1.82, 2.24) is 14.7 Å². The predicted molar refractivity (Wildman–Crippen MR) is 85.9 cm³/mol. The van der Waals surface area contributed by atoms with Crippen LogP contribution in [0.15, 0.2) is 18.2 Å². The molecule has 0 aliphatic carbocycles. The van der Waals surface area contributed by atoms with Gasteiger partial charge in [-0.25, -0.2) is 0 Å². The summed E-state index contributed by atoms with van der Waals surface area (Å²) in [6.07, 6.45) is 0.835. The molecule has 0 saturated heterocycles. The number of carbonyl (C=O) groups excluding carboxylic acids is 1. The molecule has 0 radical (unpaired) electrons. The average Bonchev–Trinajstić information content (AvgIpc) is 2.87. The van der Waals surface area contributed by atoms with Crippen molar-refractivity contribution in [1.29, 1.82) is 0 Å². The maximum atomic E-state index is 12.8. The summed E-state index contributed by atoms with van der Waals surface area (Å²) < 4.78 is 12.4. The molecule has 1 aliphatic rings. The number of rotatable bonds is 3. The third kappa shape index (κ3) is 2.76. The lowest BCUT2D eigenvalue weighted by Crippen LogP contribution is -2.36. The summed E-state index contributed by atoms with van der Waals surface area (Å²) in [4.78, 5) is 14.7. The smallest absolute Gasteiger partial charge is 0.254 e. The molecule has 2 heterocycles. The predicted octanol–water partition coefficient (Wildman–Crippen LogP) is 1.94. The van der Waals surface area contributed by atoms with E-state index >= 15 is 0 Å². The maximum absolute atomic E-state index is 12.8. The van der Waals surface area contributed by atoms with Crippen LogP contribution < -0.4 is 9.47 Å². The molecule has 0 fully saturated rings. The van der Waals surface area contributed by atoms with Crippen LogP contribution in [0, 0.1) is 6.92 Å². The van der Waals surface area contributed by atoms with Crippen molar-refractivity contribution >= 4 is 5.91 Å². The summed E-state index contributed by atoms with van der Waals surface area (Å²) in [7, 11) is 5.08. The Morgan fingerprint density at radius 3 is 2.43 bits per heavy atom. The molecular formula is C17H21N3O3. The van der Waals surface area contributed by atoms with Gasteiger partial charge in [-0.1, -0.05) is 0 Å². The summed E-state index contributed by atoms with van der Waals surface area (Å²) in [5, 5.41) is 4.45. The van der Waals surface area contributed by atoms with Crippen molar-refractivity contribution in [3.63, 3.8) is 0 Å². The van der Waals surface area contributed by atoms with Crippen LogP contribution in [0.2, 0.25) is 0 Å². The number of amides is 1. The van der Waals surface area contributed by atoms with Crippen LogP contribution in [0.5, 0.6) is 11.5 Å². The molecule has 122 valence electrons. The molecule has 1 aliphatic heterocycles. The van der Waals surface area contributed by atoms with Crippen LogP contribution in [-0.4, -0.2) is 41.4 Å². The molecule has 0 saturated carbocycles. The Balaban J connectivity index is 1.88. The molecule has 0 spiro atoms. The van der Waals surface area contributed by atoms with Crippen LogP contribution >= 0.6 is 0 Å². The highest BCUT2D eigenvalue weighted by Crippen LogP contribution is 2.26. The molecule has 3 rings (SSSR count). The molecule has 1 amide bonds. The SMILES string of the molecule is COc1cc(OC)cc(C(=O)N2CCc3c(C)nn(C)c3C2)c1.